The minimum absolute atomic E-state index is 0.167. The summed E-state index contributed by atoms with van der Waals surface area (Å²) in [4.78, 5) is 37.9. The van der Waals surface area contributed by atoms with E-state index in [0.29, 0.717) is 11.5 Å². The fourth-order valence-corrected chi connectivity index (χ4v) is 3.96. The van der Waals surface area contributed by atoms with Gasteiger partial charge in [0.25, 0.3) is 0 Å². The number of amides is 1. The van der Waals surface area contributed by atoms with Gasteiger partial charge in [0, 0.05) is 6.08 Å². The Hall–Kier alpha value is -2.93. The van der Waals surface area contributed by atoms with E-state index in [1.807, 2.05) is 24.3 Å². The van der Waals surface area contributed by atoms with Crippen LogP contribution < -0.4 is 5.32 Å². The van der Waals surface area contributed by atoms with Crippen LogP contribution in [0.3, 0.4) is 0 Å². The average molecular weight is 458 g/mol. The number of anilines is 1. The number of thiophene rings is 1. The first kappa shape index (κ1) is 25.3. The summed E-state index contributed by atoms with van der Waals surface area (Å²) in [6.07, 6.45) is 3.08. The predicted octanol–water partition coefficient (Wildman–Crippen LogP) is 5.96. The number of benzene rings is 1. The normalized spacial score (nSPS) is 11.6. The lowest BCUT2D eigenvalue weighted by molar-refractivity contribution is -0.111. The van der Waals surface area contributed by atoms with Crippen molar-refractivity contribution in [3.05, 3.63) is 57.5 Å². The smallest absolute Gasteiger partial charge is 0.349 e. The van der Waals surface area contributed by atoms with E-state index in [0.717, 1.165) is 16.9 Å². The monoisotopic (exact) mass is 457 g/mol. The van der Waals surface area contributed by atoms with Gasteiger partial charge in [-0.2, -0.15) is 0 Å². The number of carbonyl (C=O) groups is 3. The van der Waals surface area contributed by atoms with E-state index in [4.69, 9.17) is 9.47 Å². The molecular weight excluding hydrogens is 426 g/mol. The van der Waals surface area contributed by atoms with Crippen molar-refractivity contribution >= 4 is 40.3 Å². The van der Waals surface area contributed by atoms with Crippen molar-refractivity contribution in [2.45, 2.75) is 60.0 Å². The molecule has 2 aromatic rings. The largest absolute Gasteiger partial charge is 0.462 e. The zero-order valence-corrected chi connectivity index (χ0v) is 20.5. The van der Waals surface area contributed by atoms with E-state index in [2.05, 4.69) is 19.2 Å². The zero-order chi connectivity index (χ0) is 24.1. The summed E-state index contributed by atoms with van der Waals surface area (Å²) in [6.45, 7) is 13.0. The number of esters is 2. The maximum absolute atomic E-state index is 12.6. The number of rotatable bonds is 7. The Bertz CT molecular complexity index is 1010. The summed E-state index contributed by atoms with van der Waals surface area (Å²) in [6, 6.07) is 7.94. The molecule has 0 aliphatic rings. The van der Waals surface area contributed by atoms with Crippen LogP contribution in [-0.4, -0.2) is 30.1 Å². The summed E-state index contributed by atoms with van der Waals surface area (Å²) in [5, 5.41) is 2.97. The summed E-state index contributed by atoms with van der Waals surface area (Å²) in [5.41, 5.74) is 2.00. The van der Waals surface area contributed by atoms with Crippen molar-refractivity contribution in [1.82, 2.24) is 0 Å². The van der Waals surface area contributed by atoms with Crippen LogP contribution in [0.2, 0.25) is 0 Å². The summed E-state index contributed by atoms with van der Waals surface area (Å²) in [5.74, 6) is -1.13. The van der Waals surface area contributed by atoms with Crippen molar-refractivity contribution in [2.75, 3.05) is 11.9 Å². The molecule has 0 aliphatic heterocycles. The molecule has 0 saturated carbocycles. The van der Waals surface area contributed by atoms with Crippen LogP contribution in [0.25, 0.3) is 6.08 Å². The highest BCUT2D eigenvalue weighted by atomic mass is 32.1. The van der Waals surface area contributed by atoms with Gasteiger partial charge < -0.3 is 14.8 Å². The number of hydrogen-bond acceptors (Lipinski definition) is 6. The molecular formula is C25H31NO5S. The third kappa shape index (κ3) is 6.79. The number of carbonyl (C=O) groups excluding carboxylic acids is 3. The third-order valence-corrected chi connectivity index (χ3v) is 5.66. The van der Waals surface area contributed by atoms with Crippen molar-refractivity contribution < 1.29 is 23.9 Å². The van der Waals surface area contributed by atoms with Crippen LogP contribution in [0.4, 0.5) is 5.00 Å². The molecule has 7 heteroatoms. The topological polar surface area (TPSA) is 81.7 Å². The zero-order valence-electron chi connectivity index (χ0n) is 19.7. The van der Waals surface area contributed by atoms with Crippen LogP contribution in [0, 0.1) is 6.92 Å². The lowest BCUT2D eigenvalue weighted by atomic mass is 10.0. The Morgan fingerprint density at radius 3 is 2.25 bits per heavy atom. The molecule has 1 aromatic carbocycles. The van der Waals surface area contributed by atoms with Crippen molar-refractivity contribution in [1.29, 1.82) is 0 Å². The standard InChI is InChI=1S/C25H31NO5S/c1-8-30-23(28)20-16(4)21(24(29)31-25(5,6)7)32-22(20)26-19(27)14-11-17-9-12-18(13-10-17)15(2)3/h9-15H,8H2,1-7H3,(H,26,27)/b14-11+. The molecule has 0 bridgehead atoms. The first-order valence-corrected chi connectivity index (χ1v) is 11.4. The lowest BCUT2D eigenvalue weighted by Gasteiger charge is -2.19. The quantitative estimate of drug-likeness (QED) is 0.409. The molecule has 6 nitrogen and oxygen atoms in total. The molecule has 0 aliphatic carbocycles. The minimum atomic E-state index is -0.686. The van der Waals surface area contributed by atoms with Gasteiger partial charge in [0.15, 0.2) is 0 Å². The van der Waals surface area contributed by atoms with Crippen LogP contribution in [0.1, 0.15) is 84.2 Å². The molecule has 0 unspecified atom stereocenters. The molecule has 2 rings (SSSR count). The Labute approximate surface area is 193 Å². The van der Waals surface area contributed by atoms with Gasteiger partial charge >= 0.3 is 11.9 Å². The fraction of sp³-hybridized carbons (Fsp3) is 0.400. The Morgan fingerprint density at radius 2 is 1.72 bits per heavy atom. The molecule has 32 heavy (non-hydrogen) atoms. The van der Waals surface area contributed by atoms with Crippen LogP contribution in [0.5, 0.6) is 0 Å². The SMILES string of the molecule is CCOC(=O)c1c(NC(=O)/C=C/c2ccc(C(C)C)cc2)sc(C(=O)OC(C)(C)C)c1C. The average Bonchev–Trinajstić information content (AvgIpc) is 3.01. The van der Waals surface area contributed by atoms with E-state index in [1.165, 1.54) is 11.6 Å². The summed E-state index contributed by atoms with van der Waals surface area (Å²) in [7, 11) is 0. The van der Waals surface area contributed by atoms with E-state index in [-0.39, 0.29) is 22.0 Å². The number of hydrogen-bond donors (Lipinski definition) is 1. The highest BCUT2D eigenvalue weighted by molar-refractivity contribution is 7.18. The van der Waals surface area contributed by atoms with Gasteiger partial charge in [-0.1, -0.05) is 38.1 Å². The lowest BCUT2D eigenvalue weighted by Crippen LogP contribution is -2.23. The highest BCUT2D eigenvalue weighted by Crippen LogP contribution is 2.35. The maximum Gasteiger partial charge on any atom is 0.349 e. The Kier molecular flexibility index (Phi) is 8.38. The third-order valence-electron chi connectivity index (χ3n) is 4.48. The molecule has 1 heterocycles. The second-order valence-corrected chi connectivity index (χ2v) is 9.65. The first-order valence-electron chi connectivity index (χ1n) is 10.6. The second-order valence-electron chi connectivity index (χ2n) is 8.63. The van der Waals surface area contributed by atoms with Crippen LogP contribution in [0.15, 0.2) is 30.3 Å². The van der Waals surface area contributed by atoms with Gasteiger partial charge in [-0.25, -0.2) is 9.59 Å². The first-order chi connectivity index (χ1) is 14.9. The van der Waals surface area contributed by atoms with Crippen molar-refractivity contribution in [3.63, 3.8) is 0 Å². The molecule has 0 fully saturated rings. The highest BCUT2D eigenvalue weighted by Gasteiger charge is 2.29. The Balaban J connectivity index is 2.28. The maximum atomic E-state index is 12.6. The van der Waals surface area contributed by atoms with E-state index in [9.17, 15) is 14.4 Å². The van der Waals surface area contributed by atoms with E-state index in [1.54, 1.807) is 40.7 Å². The second kappa shape index (κ2) is 10.6. The number of nitrogens with one attached hydrogen (secondary N) is 1. The molecule has 0 spiro atoms. The predicted molar refractivity (Wildman–Crippen MR) is 128 cm³/mol. The fourth-order valence-electron chi connectivity index (χ4n) is 2.89. The van der Waals surface area contributed by atoms with Gasteiger partial charge in [-0.15, -0.1) is 11.3 Å². The van der Waals surface area contributed by atoms with Crippen molar-refractivity contribution in [3.8, 4) is 0 Å². The Morgan fingerprint density at radius 1 is 1.09 bits per heavy atom. The summed E-state index contributed by atoms with van der Waals surface area (Å²) >= 11 is 1.00. The van der Waals surface area contributed by atoms with Gasteiger partial charge in [-0.05, 0) is 63.3 Å². The molecule has 0 radical (unpaired) electrons. The molecule has 172 valence electrons. The van der Waals surface area contributed by atoms with Gasteiger partial charge in [0.1, 0.15) is 15.5 Å². The minimum Gasteiger partial charge on any atom is -0.462 e. The molecule has 0 saturated heterocycles. The van der Waals surface area contributed by atoms with E-state index < -0.39 is 23.4 Å². The van der Waals surface area contributed by atoms with Gasteiger partial charge in [0.05, 0.1) is 12.2 Å². The molecule has 1 amide bonds. The van der Waals surface area contributed by atoms with Gasteiger partial charge in [-0.3, -0.25) is 4.79 Å². The van der Waals surface area contributed by atoms with Gasteiger partial charge in [0.2, 0.25) is 5.91 Å². The molecule has 1 aromatic heterocycles. The summed E-state index contributed by atoms with van der Waals surface area (Å²) < 4.78 is 10.6. The molecule has 0 atom stereocenters. The van der Waals surface area contributed by atoms with Crippen molar-refractivity contribution in [2.24, 2.45) is 0 Å². The number of ether oxygens (including phenoxy) is 2. The van der Waals surface area contributed by atoms with Crippen LogP contribution in [-0.2, 0) is 14.3 Å². The van der Waals surface area contributed by atoms with E-state index >= 15 is 0 Å². The molecule has 1 N–H and O–H groups in total. The van der Waals surface area contributed by atoms with Crippen LogP contribution >= 0.6 is 11.3 Å².